The molecule has 0 radical (unpaired) electrons. The second-order valence-electron chi connectivity index (χ2n) is 5.75. The van der Waals surface area contributed by atoms with Crippen LogP contribution in [0.1, 0.15) is 17.9 Å². The summed E-state index contributed by atoms with van der Waals surface area (Å²) in [6.07, 6.45) is 1.12. The minimum atomic E-state index is -3.53. The summed E-state index contributed by atoms with van der Waals surface area (Å²) >= 11 is 2.37. The van der Waals surface area contributed by atoms with Crippen LogP contribution in [0.5, 0.6) is 5.75 Å². The zero-order valence-corrected chi connectivity index (χ0v) is 16.7. The van der Waals surface area contributed by atoms with Gasteiger partial charge in [0.1, 0.15) is 5.75 Å². The Labute approximate surface area is 162 Å². The predicted octanol–water partition coefficient (Wildman–Crippen LogP) is 3.83. The van der Waals surface area contributed by atoms with Crippen molar-refractivity contribution in [3.8, 4) is 5.75 Å². The van der Waals surface area contributed by atoms with Crippen LogP contribution in [0.25, 0.3) is 0 Å². The van der Waals surface area contributed by atoms with Crippen LogP contribution in [0.15, 0.2) is 58.3 Å². The number of aromatic hydroxyl groups is 1. The average molecular weight is 480 g/mol. The molecule has 0 saturated carbocycles. The molecule has 1 heterocycles. The van der Waals surface area contributed by atoms with Gasteiger partial charge >= 0.3 is 0 Å². The highest BCUT2D eigenvalue weighted by Crippen LogP contribution is 2.29. The van der Waals surface area contributed by atoms with Crippen LogP contribution in [0.2, 0.25) is 0 Å². The molecule has 7 heteroatoms. The molecule has 1 unspecified atom stereocenters. The van der Waals surface area contributed by atoms with Gasteiger partial charge in [0, 0.05) is 6.54 Å². The third-order valence-electron chi connectivity index (χ3n) is 4.25. The van der Waals surface area contributed by atoms with Gasteiger partial charge in [-0.15, -0.1) is 12.4 Å². The molecule has 1 fully saturated rings. The zero-order chi connectivity index (χ0) is 16.4. The van der Waals surface area contributed by atoms with Crippen molar-refractivity contribution in [1.82, 2.24) is 4.90 Å². The largest absolute Gasteiger partial charge is 0.508 e. The Morgan fingerprint density at radius 1 is 1.04 bits per heavy atom. The third-order valence-corrected chi connectivity index (χ3v) is 7.00. The highest BCUT2D eigenvalue weighted by Gasteiger charge is 2.24. The molecule has 1 aliphatic rings. The van der Waals surface area contributed by atoms with Gasteiger partial charge < -0.3 is 5.11 Å². The quantitative estimate of drug-likeness (QED) is 0.411. The van der Waals surface area contributed by atoms with E-state index in [9.17, 15) is 13.5 Å². The molecule has 24 heavy (non-hydrogen) atoms. The summed E-state index contributed by atoms with van der Waals surface area (Å²) in [6.45, 7) is 2.13. The molecule has 4 nitrogen and oxygen atoms in total. The van der Waals surface area contributed by atoms with Crippen molar-refractivity contribution in [1.29, 1.82) is 0 Å². The van der Waals surface area contributed by atoms with E-state index in [-0.39, 0.29) is 27.9 Å². The number of hydrogen-bond acceptors (Lipinski definition) is 4. The fraction of sp³-hybridized carbons (Fsp3) is 0.294. The molecular formula is C17H19ClINO3S. The molecule has 2 aromatic rings. The molecule has 0 bridgehead atoms. The monoisotopic (exact) mass is 479 g/mol. The first kappa shape index (κ1) is 19.5. The molecule has 3 rings (SSSR count). The maximum atomic E-state index is 12.6. The predicted molar refractivity (Wildman–Crippen MR) is 105 cm³/mol. The van der Waals surface area contributed by atoms with E-state index in [4.69, 9.17) is 0 Å². The van der Waals surface area contributed by atoms with Gasteiger partial charge in [-0.1, -0.05) is 34.7 Å². The normalized spacial score (nSPS) is 18.3. The van der Waals surface area contributed by atoms with Gasteiger partial charge in [0.05, 0.1) is 14.3 Å². The van der Waals surface area contributed by atoms with E-state index in [1.165, 1.54) is 29.8 Å². The van der Waals surface area contributed by atoms with E-state index in [1.807, 2.05) is 12.1 Å². The van der Waals surface area contributed by atoms with Crippen LogP contribution >= 0.6 is 35.0 Å². The maximum absolute atomic E-state index is 12.6. The van der Waals surface area contributed by atoms with Crippen molar-refractivity contribution >= 4 is 44.8 Å². The minimum absolute atomic E-state index is 0. The van der Waals surface area contributed by atoms with Gasteiger partial charge in [-0.05, 0) is 60.8 Å². The summed E-state index contributed by atoms with van der Waals surface area (Å²) in [5.41, 5.74) is 1.20. The first-order valence-electron chi connectivity index (χ1n) is 7.43. The third kappa shape index (κ3) is 4.04. The fourth-order valence-corrected chi connectivity index (χ4v) is 4.77. The Morgan fingerprint density at radius 2 is 1.58 bits per heavy atom. The van der Waals surface area contributed by atoms with Crippen molar-refractivity contribution in [3.63, 3.8) is 0 Å². The molecule has 2 aromatic carbocycles. The van der Waals surface area contributed by atoms with E-state index < -0.39 is 9.84 Å². The van der Waals surface area contributed by atoms with Crippen molar-refractivity contribution < 1.29 is 13.5 Å². The van der Waals surface area contributed by atoms with Crippen molar-refractivity contribution in [2.45, 2.75) is 22.1 Å². The number of phenols is 1. The van der Waals surface area contributed by atoms with Gasteiger partial charge in [-0.25, -0.2) is 8.42 Å². The van der Waals surface area contributed by atoms with Gasteiger partial charge in [0.25, 0.3) is 0 Å². The number of rotatable bonds is 4. The van der Waals surface area contributed by atoms with Crippen LogP contribution < -0.4 is 0 Å². The van der Waals surface area contributed by atoms with Crippen molar-refractivity contribution in [2.24, 2.45) is 0 Å². The molecule has 130 valence electrons. The first-order valence-corrected chi connectivity index (χ1v) is 10.4. The SMILES string of the molecule is Cl.O=S(=O)(c1ccc(O)cc1)c1ccc(C2CCN(CI)C2)cc1. The Bertz CT molecular complexity index is 778. The minimum Gasteiger partial charge on any atom is -0.508 e. The Hall–Kier alpha value is -0.830. The number of hydrogen-bond donors (Lipinski definition) is 1. The lowest BCUT2D eigenvalue weighted by Crippen LogP contribution is -2.17. The number of halogens is 2. The van der Waals surface area contributed by atoms with Gasteiger partial charge in [0.15, 0.2) is 0 Å². The van der Waals surface area contributed by atoms with Crippen LogP contribution in [0.3, 0.4) is 0 Å². The number of benzene rings is 2. The number of sulfone groups is 1. The van der Waals surface area contributed by atoms with Gasteiger partial charge in [-0.3, -0.25) is 4.90 Å². The summed E-state index contributed by atoms with van der Waals surface area (Å²) in [5, 5.41) is 9.29. The lowest BCUT2D eigenvalue weighted by molar-refractivity contribution is 0.404. The molecule has 1 N–H and O–H groups in total. The highest BCUT2D eigenvalue weighted by molar-refractivity contribution is 14.1. The summed E-state index contributed by atoms with van der Waals surface area (Å²) < 4.78 is 26.2. The van der Waals surface area contributed by atoms with E-state index in [0.717, 1.165) is 24.1 Å². The molecule has 1 saturated heterocycles. The summed E-state index contributed by atoms with van der Waals surface area (Å²) in [6, 6.07) is 12.8. The number of likely N-dealkylation sites (tertiary alicyclic amines) is 1. The molecule has 0 aliphatic carbocycles. The topological polar surface area (TPSA) is 57.6 Å². The molecule has 1 aliphatic heterocycles. The van der Waals surface area contributed by atoms with Gasteiger partial charge in [-0.2, -0.15) is 0 Å². The van der Waals surface area contributed by atoms with E-state index in [2.05, 4.69) is 27.5 Å². The average Bonchev–Trinajstić information content (AvgIpc) is 3.04. The lowest BCUT2D eigenvalue weighted by atomic mass is 9.99. The lowest BCUT2D eigenvalue weighted by Gasteiger charge is -2.13. The molecule has 0 aromatic heterocycles. The Morgan fingerprint density at radius 3 is 2.08 bits per heavy atom. The highest BCUT2D eigenvalue weighted by atomic mass is 127. The smallest absolute Gasteiger partial charge is 0.206 e. The molecular weight excluding hydrogens is 461 g/mol. The number of alkyl halides is 1. The van der Waals surface area contributed by atoms with E-state index >= 15 is 0 Å². The summed E-state index contributed by atoms with van der Waals surface area (Å²) in [4.78, 5) is 2.88. The van der Waals surface area contributed by atoms with E-state index in [0.29, 0.717) is 5.92 Å². The van der Waals surface area contributed by atoms with Crippen molar-refractivity contribution in [3.05, 3.63) is 54.1 Å². The first-order chi connectivity index (χ1) is 11.0. The Kier molecular flexibility index (Phi) is 6.52. The van der Waals surface area contributed by atoms with Gasteiger partial charge in [0.2, 0.25) is 9.84 Å². The molecule has 0 spiro atoms. The molecule has 0 amide bonds. The second kappa shape index (κ2) is 8.03. The van der Waals surface area contributed by atoms with Crippen LogP contribution in [0.4, 0.5) is 0 Å². The maximum Gasteiger partial charge on any atom is 0.206 e. The van der Waals surface area contributed by atoms with Crippen molar-refractivity contribution in [2.75, 3.05) is 17.6 Å². The van der Waals surface area contributed by atoms with Crippen LogP contribution in [-0.4, -0.2) is 36.1 Å². The fourth-order valence-electron chi connectivity index (χ4n) is 2.89. The summed E-state index contributed by atoms with van der Waals surface area (Å²) in [7, 11) is -3.53. The summed E-state index contributed by atoms with van der Waals surface area (Å²) in [5.74, 6) is 0.538. The zero-order valence-electron chi connectivity index (χ0n) is 12.9. The Balaban J connectivity index is 0.00000208. The second-order valence-corrected chi connectivity index (χ2v) is 8.38. The van der Waals surface area contributed by atoms with E-state index in [1.54, 1.807) is 12.1 Å². The standard InChI is InChI=1S/C17H18INO3S.ClH/c18-12-19-10-9-14(11-19)13-1-5-16(6-2-13)23(21,22)17-7-3-15(20)4-8-17;/h1-8,14,20H,9-12H2;1H. The van der Waals surface area contributed by atoms with Crippen LogP contribution in [0, 0.1) is 0 Å². The van der Waals surface area contributed by atoms with Crippen LogP contribution in [-0.2, 0) is 9.84 Å². The number of nitrogens with zero attached hydrogens (tertiary/aromatic N) is 1. The molecule has 1 atom stereocenters. The number of phenolic OH excluding ortho intramolecular Hbond substituents is 1.